The summed E-state index contributed by atoms with van der Waals surface area (Å²) in [5.41, 5.74) is 7.56. The van der Waals surface area contributed by atoms with E-state index in [1.54, 1.807) is 0 Å². The minimum Gasteiger partial charge on any atom is -0.394 e. The molecule has 1 atom stereocenters. The second kappa shape index (κ2) is 2.74. The highest BCUT2D eigenvalue weighted by molar-refractivity contribution is 6.30. The van der Waals surface area contributed by atoms with E-state index in [1.165, 1.54) is 0 Å². The highest BCUT2D eigenvalue weighted by atomic mass is 35.5. The maximum Gasteiger partial charge on any atom is 0.112 e. The lowest BCUT2D eigenvalue weighted by Crippen LogP contribution is -2.37. The molecule has 3 nitrogen and oxygen atoms in total. The Labute approximate surface area is 82.1 Å². The standard InChI is InChI=1S/C9H13ClN2O/c1-12-4-7-6(8(12)10)2-3-9(7,11)5-13/h4,13H,2-3,5,11H2,1H3. The Hall–Kier alpha value is -0.510. The van der Waals surface area contributed by atoms with Gasteiger partial charge in [-0.15, -0.1) is 0 Å². The molecule has 0 amide bonds. The molecule has 3 N–H and O–H groups in total. The zero-order valence-electron chi connectivity index (χ0n) is 7.55. The fraction of sp³-hybridized carbons (Fsp3) is 0.556. The van der Waals surface area contributed by atoms with Crippen molar-refractivity contribution < 1.29 is 5.11 Å². The van der Waals surface area contributed by atoms with Gasteiger partial charge < -0.3 is 15.4 Å². The third-order valence-electron chi connectivity index (χ3n) is 2.85. The fourth-order valence-corrected chi connectivity index (χ4v) is 2.21. The van der Waals surface area contributed by atoms with Gasteiger partial charge in [0.1, 0.15) is 5.15 Å². The van der Waals surface area contributed by atoms with Gasteiger partial charge in [0.05, 0.1) is 12.1 Å². The minimum absolute atomic E-state index is 0.0135. The average Bonchev–Trinajstić information content (AvgIpc) is 2.57. The summed E-state index contributed by atoms with van der Waals surface area (Å²) in [5, 5.41) is 9.94. The van der Waals surface area contributed by atoms with Gasteiger partial charge in [0, 0.05) is 13.2 Å². The number of halogens is 1. The molecule has 1 unspecified atom stereocenters. The van der Waals surface area contributed by atoms with Crippen molar-refractivity contribution in [2.75, 3.05) is 6.61 Å². The number of nitrogens with zero attached hydrogens (tertiary/aromatic N) is 1. The largest absolute Gasteiger partial charge is 0.394 e. The Morgan fingerprint density at radius 2 is 2.46 bits per heavy atom. The van der Waals surface area contributed by atoms with Crippen molar-refractivity contribution in [3.63, 3.8) is 0 Å². The molecule has 0 saturated carbocycles. The zero-order chi connectivity index (χ0) is 9.64. The van der Waals surface area contributed by atoms with Crippen molar-refractivity contribution >= 4 is 11.6 Å². The van der Waals surface area contributed by atoms with Crippen molar-refractivity contribution in [3.8, 4) is 0 Å². The molecule has 0 aromatic carbocycles. The summed E-state index contributed by atoms with van der Waals surface area (Å²) in [6.45, 7) is -0.0135. The van der Waals surface area contributed by atoms with Gasteiger partial charge in [-0.05, 0) is 24.0 Å². The first-order valence-corrected chi connectivity index (χ1v) is 4.70. The lowest BCUT2D eigenvalue weighted by molar-refractivity contribution is 0.196. The summed E-state index contributed by atoms with van der Waals surface area (Å²) >= 11 is 6.06. The van der Waals surface area contributed by atoms with Gasteiger partial charge >= 0.3 is 0 Å². The van der Waals surface area contributed by atoms with E-state index in [-0.39, 0.29) is 6.61 Å². The van der Waals surface area contributed by atoms with Crippen LogP contribution in [0.4, 0.5) is 0 Å². The predicted octanol–water partition coefficient (Wildman–Crippen LogP) is 0.771. The highest BCUT2D eigenvalue weighted by Crippen LogP contribution is 2.39. The smallest absolute Gasteiger partial charge is 0.112 e. The number of aliphatic hydroxyl groups is 1. The minimum atomic E-state index is -0.569. The van der Waals surface area contributed by atoms with E-state index in [0.29, 0.717) is 0 Å². The first-order valence-electron chi connectivity index (χ1n) is 4.32. The maximum atomic E-state index is 9.19. The van der Waals surface area contributed by atoms with Crippen LogP contribution in [-0.2, 0) is 19.0 Å². The SMILES string of the molecule is Cn1cc2c(c1Cl)CCC2(N)CO. The molecule has 1 aromatic rings. The number of hydrogen-bond donors (Lipinski definition) is 2. The second-order valence-electron chi connectivity index (χ2n) is 3.74. The Morgan fingerprint density at radius 1 is 1.77 bits per heavy atom. The van der Waals surface area contributed by atoms with Crippen LogP contribution in [0.1, 0.15) is 17.5 Å². The zero-order valence-corrected chi connectivity index (χ0v) is 8.30. The van der Waals surface area contributed by atoms with Crippen LogP contribution < -0.4 is 5.73 Å². The van der Waals surface area contributed by atoms with Crippen LogP contribution in [0.3, 0.4) is 0 Å². The third kappa shape index (κ3) is 1.11. The Kier molecular flexibility index (Phi) is 1.91. The predicted molar refractivity (Wildman–Crippen MR) is 51.7 cm³/mol. The number of aromatic nitrogens is 1. The summed E-state index contributed by atoms with van der Waals surface area (Å²) in [7, 11) is 1.89. The summed E-state index contributed by atoms with van der Waals surface area (Å²) in [4.78, 5) is 0. The van der Waals surface area contributed by atoms with E-state index in [4.69, 9.17) is 17.3 Å². The Balaban J connectivity index is 2.54. The van der Waals surface area contributed by atoms with Gasteiger partial charge in [-0.3, -0.25) is 0 Å². The number of hydrogen-bond acceptors (Lipinski definition) is 2. The molecule has 0 radical (unpaired) electrons. The molecular weight excluding hydrogens is 188 g/mol. The lowest BCUT2D eigenvalue weighted by atomic mass is 9.97. The number of fused-ring (bicyclic) bond motifs is 1. The molecule has 1 heterocycles. The van der Waals surface area contributed by atoms with Crippen LogP contribution in [0.25, 0.3) is 0 Å². The fourth-order valence-electron chi connectivity index (χ4n) is 1.97. The molecule has 4 heteroatoms. The molecule has 0 saturated heterocycles. The highest BCUT2D eigenvalue weighted by Gasteiger charge is 2.37. The quantitative estimate of drug-likeness (QED) is 0.704. The topological polar surface area (TPSA) is 51.2 Å². The third-order valence-corrected chi connectivity index (χ3v) is 3.34. The van der Waals surface area contributed by atoms with Crippen molar-refractivity contribution in [1.29, 1.82) is 0 Å². The molecule has 2 rings (SSSR count). The van der Waals surface area contributed by atoms with Gasteiger partial charge in [-0.25, -0.2) is 0 Å². The van der Waals surface area contributed by atoms with E-state index < -0.39 is 5.54 Å². The molecule has 1 aliphatic carbocycles. The molecular formula is C9H13ClN2O. The van der Waals surface area contributed by atoms with E-state index >= 15 is 0 Å². The molecule has 72 valence electrons. The monoisotopic (exact) mass is 200 g/mol. The first-order chi connectivity index (χ1) is 6.08. The molecule has 1 aromatic heterocycles. The number of rotatable bonds is 1. The van der Waals surface area contributed by atoms with Crippen LogP contribution in [0.15, 0.2) is 6.20 Å². The molecule has 13 heavy (non-hydrogen) atoms. The van der Waals surface area contributed by atoms with Gasteiger partial charge in [0.25, 0.3) is 0 Å². The van der Waals surface area contributed by atoms with E-state index in [9.17, 15) is 5.11 Å². The Bertz CT molecular complexity index is 348. The molecule has 0 aliphatic heterocycles. The van der Waals surface area contributed by atoms with Gasteiger partial charge in [0.2, 0.25) is 0 Å². The van der Waals surface area contributed by atoms with Crippen molar-refractivity contribution in [2.45, 2.75) is 18.4 Å². The Morgan fingerprint density at radius 3 is 3.08 bits per heavy atom. The number of nitrogens with two attached hydrogens (primary N) is 1. The van der Waals surface area contributed by atoms with E-state index in [2.05, 4.69) is 0 Å². The van der Waals surface area contributed by atoms with Crippen molar-refractivity contribution in [2.24, 2.45) is 12.8 Å². The van der Waals surface area contributed by atoms with Crippen molar-refractivity contribution in [1.82, 2.24) is 4.57 Å². The van der Waals surface area contributed by atoms with Gasteiger partial charge in [0.15, 0.2) is 0 Å². The summed E-state index contributed by atoms with van der Waals surface area (Å²) < 4.78 is 1.85. The molecule has 1 aliphatic rings. The second-order valence-corrected chi connectivity index (χ2v) is 4.10. The summed E-state index contributed by atoms with van der Waals surface area (Å²) in [6.07, 6.45) is 3.57. The van der Waals surface area contributed by atoms with Crippen LogP contribution in [0.2, 0.25) is 5.15 Å². The summed E-state index contributed by atoms with van der Waals surface area (Å²) in [6, 6.07) is 0. The maximum absolute atomic E-state index is 9.19. The van der Waals surface area contributed by atoms with Gasteiger partial charge in [-0.2, -0.15) is 0 Å². The van der Waals surface area contributed by atoms with Crippen LogP contribution in [-0.4, -0.2) is 16.3 Å². The van der Waals surface area contributed by atoms with Crippen molar-refractivity contribution in [3.05, 3.63) is 22.5 Å². The molecule has 0 bridgehead atoms. The molecule has 0 spiro atoms. The van der Waals surface area contributed by atoms with E-state index in [0.717, 1.165) is 29.1 Å². The van der Waals surface area contributed by atoms with Gasteiger partial charge in [-0.1, -0.05) is 11.6 Å². The van der Waals surface area contributed by atoms with E-state index in [1.807, 2.05) is 17.8 Å². The number of aliphatic hydroxyl groups excluding tert-OH is 1. The lowest BCUT2D eigenvalue weighted by Gasteiger charge is -2.20. The first kappa shape index (κ1) is 9.06. The summed E-state index contributed by atoms with van der Waals surface area (Å²) in [5.74, 6) is 0. The normalized spacial score (nSPS) is 26.5. The van der Waals surface area contributed by atoms with Crippen LogP contribution >= 0.6 is 11.6 Å². The number of aryl methyl sites for hydroxylation is 1. The van der Waals surface area contributed by atoms with Crippen LogP contribution in [0, 0.1) is 0 Å². The van der Waals surface area contributed by atoms with Crippen LogP contribution in [0.5, 0.6) is 0 Å². The molecule has 0 fully saturated rings. The average molecular weight is 201 g/mol.